The summed E-state index contributed by atoms with van der Waals surface area (Å²) < 4.78 is 12.9. The van der Waals surface area contributed by atoms with Crippen molar-refractivity contribution >= 4 is 17.4 Å². The van der Waals surface area contributed by atoms with Gasteiger partial charge < -0.3 is 10.2 Å². The van der Waals surface area contributed by atoms with E-state index < -0.39 is 0 Å². The van der Waals surface area contributed by atoms with E-state index in [-0.39, 0.29) is 11.7 Å². The van der Waals surface area contributed by atoms with Crippen LogP contribution in [-0.2, 0) is 12.8 Å². The van der Waals surface area contributed by atoms with Crippen LogP contribution in [0.3, 0.4) is 0 Å². The fourth-order valence-electron chi connectivity index (χ4n) is 3.41. The maximum atomic E-state index is 12.9. The molecule has 1 N–H and O–H groups in total. The molecule has 1 aromatic heterocycles. The second-order valence-corrected chi connectivity index (χ2v) is 6.80. The Balaban J connectivity index is 1.38. The number of aryl methyl sites for hydroxylation is 1. The number of benzene rings is 2. The molecule has 0 radical (unpaired) electrons. The van der Waals surface area contributed by atoms with Gasteiger partial charge in [-0.3, -0.25) is 4.79 Å². The lowest BCUT2D eigenvalue weighted by molar-refractivity contribution is 0.0979. The van der Waals surface area contributed by atoms with Gasteiger partial charge in [-0.15, -0.1) is 10.2 Å². The van der Waals surface area contributed by atoms with E-state index in [2.05, 4.69) is 21.6 Å². The standard InChI is InChI=1S/C22H21FN4O/c23-18-9-7-16(8-10-18)13-14-24-21-12-11-19(25-26-21)22(28)27-15-3-5-17-4-1-2-6-20(17)27/h1-2,4,6-12H,3,5,13-15H2,(H,24,26). The second kappa shape index (κ2) is 8.17. The normalized spacial score (nSPS) is 13.1. The van der Waals surface area contributed by atoms with Crippen LogP contribution in [0.15, 0.2) is 60.7 Å². The van der Waals surface area contributed by atoms with Crippen LogP contribution in [0.25, 0.3) is 0 Å². The van der Waals surface area contributed by atoms with E-state index in [9.17, 15) is 9.18 Å². The number of halogens is 1. The molecule has 6 heteroatoms. The van der Waals surface area contributed by atoms with E-state index in [1.165, 1.54) is 17.7 Å². The number of carbonyl (C=O) groups is 1. The number of amides is 1. The second-order valence-electron chi connectivity index (χ2n) is 6.80. The Bertz CT molecular complexity index is 957. The smallest absolute Gasteiger partial charge is 0.278 e. The molecule has 0 unspecified atom stereocenters. The van der Waals surface area contributed by atoms with Crippen LogP contribution >= 0.6 is 0 Å². The number of carbonyl (C=O) groups excluding carboxylic acids is 1. The molecule has 142 valence electrons. The average Bonchev–Trinajstić information content (AvgIpc) is 2.75. The van der Waals surface area contributed by atoms with Gasteiger partial charge in [-0.25, -0.2) is 4.39 Å². The number of nitrogens with zero attached hydrogens (tertiary/aromatic N) is 3. The van der Waals surface area contributed by atoms with Crippen molar-refractivity contribution in [2.75, 3.05) is 23.3 Å². The zero-order valence-electron chi connectivity index (χ0n) is 15.4. The predicted octanol–water partition coefficient (Wildman–Crippen LogP) is 3.86. The van der Waals surface area contributed by atoms with Crippen molar-refractivity contribution < 1.29 is 9.18 Å². The Morgan fingerprint density at radius 3 is 2.64 bits per heavy atom. The van der Waals surface area contributed by atoms with Crippen molar-refractivity contribution in [1.29, 1.82) is 0 Å². The van der Waals surface area contributed by atoms with Gasteiger partial charge in [0.1, 0.15) is 11.6 Å². The lowest BCUT2D eigenvalue weighted by atomic mass is 10.0. The Labute approximate surface area is 163 Å². The van der Waals surface area contributed by atoms with Crippen LogP contribution in [0.1, 0.15) is 28.0 Å². The third-order valence-electron chi connectivity index (χ3n) is 4.87. The third kappa shape index (κ3) is 4.01. The van der Waals surface area contributed by atoms with E-state index in [0.717, 1.165) is 30.5 Å². The summed E-state index contributed by atoms with van der Waals surface area (Å²) in [5, 5.41) is 11.4. The van der Waals surface area contributed by atoms with Crippen LogP contribution < -0.4 is 10.2 Å². The van der Waals surface area contributed by atoms with Crippen LogP contribution in [0, 0.1) is 5.82 Å². The topological polar surface area (TPSA) is 58.1 Å². The van der Waals surface area contributed by atoms with Crippen LogP contribution in [0.2, 0.25) is 0 Å². The molecule has 0 saturated carbocycles. The summed E-state index contributed by atoms with van der Waals surface area (Å²) in [6.45, 7) is 1.34. The number of aromatic nitrogens is 2. The third-order valence-corrected chi connectivity index (χ3v) is 4.87. The summed E-state index contributed by atoms with van der Waals surface area (Å²) in [4.78, 5) is 14.7. The first kappa shape index (κ1) is 18.1. The first-order chi connectivity index (χ1) is 13.7. The summed E-state index contributed by atoms with van der Waals surface area (Å²) in [5.74, 6) is 0.245. The summed E-state index contributed by atoms with van der Waals surface area (Å²) >= 11 is 0. The van der Waals surface area contributed by atoms with Crippen molar-refractivity contribution in [3.05, 3.63) is 83.3 Å². The minimum Gasteiger partial charge on any atom is -0.368 e. The van der Waals surface area contributed by atoms with Gasteiger partial charge in [0.2, 0.25) is 0 Å². The van der Waals surface area contributed by atoms with Crippen molar-refractivity contribution in [3.8, 4) is 0 Å². The number of nitrogens with one attached hydrogen (secondary N) is 1. The lowest BCUT2D eigenvalue weighted by Crippen LogP contribution is -2.36. The van der Waals surface area contributed by atoms with Crippen LogP contribution in [-0.4, -0.2) is 29.2 Å². The van der Waals surface area contributed by atoms with Gasteiger partial charge in [-0.2, -0.15) is 0 Å². The fourth-order valence-corrected chi connectivity index (χ4v) is 3.41. The Kier molecular flexibility index (Phi) is 5.28. The minimum absolute atomic E-state index is 0.127. The van der Waals surface area contributed by atoms with E-state index in [1.54, 1.807) is 29.2 Å². The molecule has 0 atom stereocenters. The molecule has 0 aliphatic carbocycles. The number of para-hydroxylation sites is 1. The number of rotatable bonds is 5. The van der Waals surface area contributed by atoms with Crippen molar-refractivity contribution in [3.63, 3.8) is 0 Å². The Morgan fingerprint density at radius 2 is 1.86 bits per heavy atom. The van der Waals surface area contributed by atoms with E-state index in [0.29, 0.717) is 24.6 Å². The molecule has 0 spiro atoms. The fraction of sp³-hybridized carbons (Fsp3) is 0.227. The molecule has 3 aromatic rings. The zero-order valence-corrected chi connectivity index (χ0v) is 15.4. The zero-order chi connectivity index (χ0) is 19.3. The monoisotopic (exact) mass is 376 g/mol. The highest BCUT2D eigenvalue weighted by atomic mass is 19.1. The molecule has 5 nitrogen and oxygen atoms in total. The van der Waals surface area contributed by atoms with Gasteiger partial charge in [0.25, 0.3) is 5.91 Å². The van der Waals surface area contributed by atoms with Gasteiger partial charge in [0, 0.05) is 18.8 Å². The van der Waals surface area contributed by atoms with Gasteiger partial charge in [-0.1, -0.05) is 30.3 Å². The Morgan fingerprint density at radius 1 is 1.04 bits per heavy atom. The highest BCUT2D eigenvalue weighted by Crippen LogP contribution is 2.27. The number of hydrogen-bond acceptors (Lipinski definition) is 4. The quantitative estimate of drug-likeness (QED) is 0.735. The maximum absolute atomic E-state index is 12.9. The molecular formula is C22H21FN4O. The SMILES string of the molecule is O=C(c1ccc(NCCc2ccc(F)cc2)nn1)N1CCCc2ccccc21. The molecular weight excluding hydrogens is 355 g/mol. The molecule has 28 heavy (non-hydrogen) atoms. The molecule has 1 aliphatic heterocycles. The summed E-state index contributed by atoms with van der Waals surface area (Å²) in [7, 11) is 0. The number of hydrogen-bond donors (Lipinski definition) is 1. The molecule has 1 aliphatic rings. The maximum Gasteiger partial charge on any atom is 0.278 e. The number of fused-ring (bicyclic) bond motifs is 1. The van der Waals surface area contributed by atoms with Gasteiger partial charge in [-0.05, 0) is 60.7 Å². The molecule has 4 rings (SSSR count). The molecule has 0 saturated heterocycles. The summed E-state index contributed by atoms with van der Waals surface area (Å²) in [6, 6.07) is 17.9. The van der Waals surface area contributed by atoms with E-state index in [1.807, 2.05) is 18.2 Å². The molecule has 2 heterocycles. The van der Waals surface area contributed by atoms with Crippen molar-refractivity contribution in [1.82, 2.24) is 10.2 Å². The van der Waals surface area contributed by atoms with Crippen LogP contribution in [0.4, 0.5) is 15.9 Å². The highest BCUT2D eigenvalue weighted by Gasteiger charge is 2.24. The molecule has 0 bridgehead atoms. The first-order valence-electron chi connectivity index (χ1n) is 9.42. The lowest BCUT2D eigenvalue weighted by Gasteiger charge is -2.29. The minimum atomic E-state index is -0.237. The van der Waals surface area contributed by atoms with Gasteiger partial charge >= 0.3 is 0 Å². The van der Waals surface area contributed by atoms with Crippen molar-refractivity contribution in [2.45, 2.75) is 19.3 Å². The predicted molar refractivity (Wildman–Crippen MR) is 107 cm³/mol. The van der Waals surface area contributed by atoms with Crippen molar-refractivity contribution in [2.24, 2.45) is 0 Å². The van der Waals surface area contributed by atoms with Gasteiger partial charge in [0.15, 0.2) is 5.69 Å². The average molecular weight is 376 g/mol. The molecule has 1 amide bonds. The largest absolute Gasteiger partial charge is 0.368 e. The van der Waals surface area contributed by atoms with E-state index >= 15 is 0 Å². The Hall–Kier alpha value is -3.28. The highest BCUT2D eigenvalue weighted by molar-refractivity contribution is 6.05. The number of anilines is 2. The van der Waals surface area contributed by atoms with Crippen LogP contribution in [0.5, 0.6) is 0 Å². The van der Waals surface area contributed by atoms with Gasteiger partial charge in [0.05, 0.1) is 0 Å². The molecule has 0 fully saturated rings. The molecule has 2 aromatic carbocycles. The van der Waals surface area contributed by atoms with E-state index in [4.69, 9.17) is 0 Å². The summed E-state index contributed by atoms with van der Waals surface area (Å²) in [6.07, 6.45) is 2.68. The summed E-state index contributed by atoms with van der Waals surface area (Å²) in [5.41, 5.74) is 3.52. The first-order valence-corrected chi connectivity index (χ1v) is 9.42.